The van der Waals surface area contributed by atoms with Crippen LogP contribution in [0.25, 0.3) is 0 Å². The fourth-order valence-corrected chi connectivity index (χ4v) is 37.4. The molecule has 2 fully saturated rings. The molecule has 0 bridgehead atoms. The van der Waals surface area contributed by atoms with Crippen molar-refractivity contribution in [3.05, 3.63) is 421 Å². The highest BCUT2D eigenvalue weighted by atomic mass is 79.9. The lowest BCUT2D eigenvalue weighted by Gasteiger charge is -2.58. The molecule has 0 radical (unpaired) electrons. The first-order valence-corrected chi connectivity index (χ1v) is 58.1. The zero-order chi connectivity index (χ0) is 84.0. The van der Waals surface area contributed by atoms with Gasteiger partial charge in [-0.25, -0.2) is 0 Å². The van der Waals surface area contributed by atoms with Crippen LogP contribution in [0.2, 0.25) is 0 Å². The summed E-state index contributed by atoms with van der Waals surface area (Å²) in [7, 11) is 0.406. The van der Waals surface area contributed by atoms with Crippen LogP contribution < -0.4 is 34.0 Å². The van der Waals surface area contributed by atoms with Crippen molar-refractivity contribution < 1.29 is 38.2 Å². The molecule has 11 atom stereocenters. The van der Waals surface area contributed by atoms with Crippen LogP contribution in [0.1, 0.15) is 342 Å². The Kier molecular flexibility index (Phi) is 25.2. The molecule has 12 aromatic carbocycles. The van der Waals surface area contributed by atoms with E-state index in [-0.39, 0.29) is 55.6 Å². The summed E-state index contributed by atoms with van der Waals surface area (Å²) in [5, 5.41) is 3.66. The van der Waals surface area contributed by atoms with E-state index in [4.69, 9.17) is 0 Å². The molecule has 0 saturated carbocycles. The van der Waals surface area contributed by atoms with Gasteiger partial charge in [-0.1, -0.05) is 384 Å². The number of alkyl halides is 4. The summed E-state index contributed by atoms with van der Waals surface area (Å²) in [6, 6.07) is 93.2. The molecule has 2 saturated heterocycles. The van der Waals surface area contributed by atoms with Crippen LogP contribution in [0.15, 0.2) is 243 Å². The number of hydrogen-bond acceptors (Lipinski definition) is 2. The molecule has 650 valence electrons. The molecule has 0 amide bonds. The summed E-state index contributed by atoms with van der Waals surface area (Å²) in [6.07, 6.45) is 21.6. The van der Waals surface area contributed by atoms with E-state index in [2.05, 4.69) is 332 Å². The van der Waals surface area contributed by atoms with Crippen molar-refractivity contribution in [2.75, 3.05) is 34.5 Å². The van der Waals surface area contributed by atoms with Gasteiger partial charge in [-0.3, -0.25) is 4.21 Å². The van der Waals surface area contributed by atoms with E-state index in [1.165, 1.54) is 209 Å². The second kappa shape index (κ2) is 36.2. The first-order chi connectivity index (χ1) is 61.8. The largest absolute Gasteiger partial charge is 1.00 e. The van der Waals surface area contributed by atoms with Crippen molar-refractivity contribution in [1.82, 2.24) is 0 Å². The third-order valence-corrected chi connectivity index (χ3v) is 42.8. The van der Waals surface area contributed by atoms with E-state index in [9.17, 15) is 4.21 Å². The highest BCUT2D eigenvalue weighted by Gasteiger charge is 2.74. The third kappa shape index (κ3) is 12.9. The normalized spacial score (nSPS) is 25.0. The Hall–Kier alpha value is -5.28. The topological polar surface area (TPSA) is 17.1 Å². The van der Waals surface area contributed by atoms with Crippen LogP contribution in [0.3, 0.4) is 0 Å². The van der Waals surface area contributed by atoms with Crippen molar-refractivity contribution in [3.63, 3.8) is 0 Å². The summed E-state index contributed by atoms with van der Waals surface area (Å²) in [5.41, 5.74) is 51.0. The monoisotopic (exact) mass is 2120 g/mol. The van der Waals surface area contributed by atoms with E-state index in [1.54, 1.807) is 106 Å². The predicted molar refractivity (Wildman–Crippen MR) is 545 cm³/mol. The number of fused-ring (bicyclic) bond motifs is 28. The van der Waals surface area contributed by atoms with E-state index >= 15 is 0 Å². The van der Waals surface area contributed by atoms with Crippen molar-refractivity contribution >= 4 is 108 Å². The molecule has 4 spiro atoms. The average Bonchev–Trinajstić information content (AvgIpc) is 1.49. The quantitative estimate of drug-likeness (QED) is 0.0305. The molecule has 1 nitrogen and oxygen atoms in total. The number of rotatable bonds is 26. The maximum absolute atomic E-state index is 13.2. The molecular weight excluding hydrogens is 2020 g/mol. The third-order valence-electron chi connectivity index (χ3n) is 33.0. The molecule has 127 heavy (non-hydrogen) atoms. The van der Waals surface area contributed by atoms with Crippen LogP contribution in [0, 0.1) is 0 Å². The molecular formula is C116H114Br6OS4. The Bertz CT molecular complexity index is 6090. The van der Waals surface area contributed by atoms with Gasteiger partial charge in [-0.15, -0.1) is 0 Å². The molecule has 14 aliphatic rings. The van der Waals surface area contributed by atoms with Gasteiger partial charge in [0, 0.05) is 130 Å². The number of thioether (sulfide) groups is 1. The maximum atomic E-state index is 13.2. The standard InChI is InChI=1S/C31H33BrOS.C31H33BrS.C31H32S2.C23H16Br2.2BrH/c1-2-3-4-5-6-11-18-34(33)20-22-17-16-21(19-32)27-28(22)30-24-13-8-10-15-26(24)31(30)25-14-9-7-12-23(25)29(27)31;1-2-3-4-5-6-11-18-33-20-22-17-16-21(19-32)27-28(22)30-24-13-8-10-15-26(24)31(30)25-14-9-7-12-23(25)29(27)31;1-3-11-25-23(9-1)29-27-21(19-32-15-5-6-16-32)13-14-22(20-33-17-7-8-18-33)28(27)30-24-10-2-4-12-26(24)31(25,29)30;24-11-13-9-10-14(12-25)20-19(13)21-15-5-1-3-7-17(15)23(21)18-8-4-2-6-16(18)22(20)23;;/h7-10,12-17,29-30H,2-6,11,18-20H2,1H3;7-10,12-17,29-30H,2-6,11,18-20H2,1H3;1-4,9-14,29-30H,5-8,15-20H2;1-10,21-22H,11-12H2;2*1H/q;;+2;;;/p-2. The Morgan fingerprint density at radius 1 is 0.291 bits per heavy atom. The Balaban J connectivity index is 0.000000103. The number of hydrogen-bond donors (Lipinski definition) is 0. The molecule has 2 aliphatic heterocycles. The van der Waals surface area contributed by atoms with Crippen molar-refractivity contribution in [2.45, 2.75) is 230 Å². The molecule has 11 heteroatoms. The first kappa shape index (κ1) is 88.3. The Morgan fingerprint density at radius 3 is 0.811 bits per heavy atom. The van der Waals surface area contributed by atoms with Gasteiger partial charge in [0.05, 0.1) is 0 Å². The number of halogens is 6. The highest BCUT2D eigenvalue weighted by molar-refractivity contribution is 9.09. The van der Waals surface area contributed by atoms with Crippen LogP contribution in [0.4, 0.5) is 0 Å². The summed E-state index contributed by atoms with van der Waals surface area (Å²) in [6.45, 7) is 4.55. The average molecular weight is 2130 g/mol. The molecule has 12 aliphatic carbocycles. The number of unbranched alkanes of at least 4 members (excludes halogenated alkanes) is 10. The minimum absolute atomic E-state index is 0. The van der Waals surface area contributed by atoms with Crippen LogP contribution >= 0.6 is 75.5 Å². The highest BCUT2D eigenvalue weighted by Crippen LogP contribution is 2.82. The molecule has 26 rings (SSSR count). The van der Waals surface area contributed by atoms with E-state index in [0.29, 0.717) is 74.9 Å². The summed E-state index contributed by atoms with van der Waals surface area (Å²) in [4.78, 5) is 0. The van der Waals surface area contributed by atoms with Gasteiger partial charge in [0.2, 0.25) is 0 Å². The van der Waals surface area contributed by atoms with Gasteiger partial charge in [-0.2, -0.15) is 11.8 Å². The molecule has 0 N–H and O–H groups in total. The van der Waals surface area contributed by atoms with E-state index < -0.39 is 10.8 Å². The molecule has 11 unspecified atom stereocenters. The zero-order valence-corrected chi connectivity index (χ0v) is 86.0. The lowest BCUT2D eigenvalue weighted by molar-refractivity contribution is -0.001000. The lowest BCUT2D eigenvalue weighted by atomic mass is 9.43. The first-order valence-electron chi connectivity index (χ1n) is 47.6. The second-order valence-electron chi connectivity index (χ2n) is 38.6. The molecule has 0 aromatic heterocycles. The molecule has 2 heterocycles. The SMILES string of the molecule is BrCc1ccc(CBr)c2c1C1c3ccccc3C13c1ccccc1C23.CCCCCCCCS(=O)Cc1ccc(CBr)c2c1C1c3ccccc3C13c1ccccc1C23.CCCCCCCCSCc1ccc(CBr)c2c1C1c3ccccc3C13c1ccccc1C23.[Br-].[Br-].c1ccc2c(c1)C1c3c(C[S+]4CCCC4)ccc(C[S+]4CCCC4)c3C3c4ccccc4C213. The Labute approximate surface area is 822 Å². The minimum Gasteiger partial charge on any atom is -1.00 e. The zero-order valence-electron chi connectivity index (χ0n) is 73.2. The van der Waals surface area contributed by atoms with Gasteiger partial charge in [0.1, 0.15) is 34.5 Å². The summed E-state index contributed by atoms with van der Waals surface area (Å²) in [5.74, 6) is 16.6. The van der Waals surface area contributed by atoms with Crippen molar-refractivity contribution in [3.8, 4) is 0 Å². The van der Waals surface area contributed by atoms with Gasteiger partial charge in [0.15, 0.2) is 0 Å². The predicted octanol–water partition coefficient (Wildman–Crippen LogP) is 23.9. The smallest absolute Gasteiger partial charge is 0.133 e. The van der Waals surface area contributed by atoms with Crippen LogP contribution in [-0.4, -0.2) is 38.7 Å². The summed E-state index contributed by atoms with van der Waals surface area (Å²) >= 11 is 17.3. The fourth-order valence-electron chi connectivity index (χ4n) is 28.4. The lowest BCUT2D eigenvalue weighted by Crippen LogP contribution is -3.00. The summed E-state index contributed by atoms with van der Waals surface area (Å²) < 4.78 is 13.2. The maximum Gasteiger partial charge on any atom is 0.133 e. The minimum atomic E-state index is -0.805. The van der Waals surface area contributed by atoms with Crippen molar-refractivity contribution in [1.29, 1.82) is 0 Å². The van der Waals surface area contributed by atoms with Crippen molar-refractivity contribution in [2.24, 2.45) is 0 Å². The van der Waals surface area contributed by atoms with E-state index in [1.807, 2.05) is 0 Å². The molecule has 12 aromatic rings. The van der Waals surface area contributed by atoms with Gasteiger partial charge >= 0.3 is 0 Å². The van der Waals surface area contributed by atoms with Gasteiger partial charge in [-0.05, 0) is 233 Å². The second-order valence-corrected chi connectivity index (χ2v) is 48.2. The fraction of sp³-hybridized carbons (Fsp3) is 0.379. The van der Waals surface area contributed by atoms with E-state index in [0.717, 1.165) is 39.2 Å². The number of benzene rings is 12. The van der Waals surface area contributed by atoms with Gasteiger partial charge < -0.3 is 34.0 Å². The van der Waals surface area contributed by atoms with Crippen LogP contribution in [-0.2, 0) is 98.6 Å². The van der Waals surface area contributed by atoms with Crippen LogP contribution in [0.5, 0.6) is 0 Å². The Morgan fingerprint density at radius 2 is 0.520 bits per heavy atom. The van der Waals surface area contributed by atoms with Gasteiger partial charge in [0.25, 0.3) is 0 Å².